The summed E-state index contributed by atoms with van der Waals surface area (Å²) in [6, 6.07) is 14.5. The van der Waals surface area contributed by atoms with E-state index in [0.29, 0.717) is 50.9 Å². The lowest BCUT2D eigenvalue weighted by atomic mass is 9.97. The Morgan fingerprint density at radius 1 is 1.04 bits per heavy atom. The second-order valence-electron chi connectivity index (χ2n) is 9.77. The zero-order valence-electron chi connectivity index (χ0n) is 24.8. The van der Waals surface area contributed by atoms with Crippen LogP contribution in [0.25, 0.3) is 6.08 Å². The SMILES string of the molecule is CCOc1ccc([C@@H]2C(C(=O)OC)=CN=c3s/c(=C/c4cc(I)cc(I)c4OCc4ccc([N+](=O)[O-])cc4)c(=O)n32)cc1OCC. The van der Waals surface area contributed by atoms with Crippen molar-refractivity contribution in [2.75, 3.05) is 20.3 Å². The van der Waals surface area contributed by atoms with Crippen LogP contribution in [0.3, 0.4) is 0 Å². The van der Waals surface area contributed by atoms with E-state index in [9.17, 15) is 19.7 Å². The van der Waals surface area contributed by atoms with Crippen molar-refractivity contribution in [3.63, 3.8) is 0 Å². The maximum atomic E-state index is 14.1. The molecule has 1 atom stereocenters. The first-order valence-electron chi connectivity index (χ1n) is 14.0. The van der Waals surface area contributed by atoms with Gasteiger partial charge in [0.1, 0.15) is 12.4 Å². The molecule has 0 saturated heterocycles. The summed E-state index contributed by atoms with van der Waals surface area (Å²) in [5.74, 6) is 1.00. The minimum absolute atomic E-state index is 0.00308. The van der Waals surface area contributed by atoms with Crippen LogP contribution in [0.4, 0.5) is 5.69 Å². The van der Waals surface area contributed by atoms with E-state index < -0.39 is 16.9 Å². The number of nitrogens with zero attached hydrogens (tertiary/aromatic N) is 3. The number of hydrogen-bond donors (Lipinski definition) is 0. The average Bonchev–Trinajstić information content (AvgIpc) is 3.35. The van der Waals surface area contributed by atoms with Crippen LogP contribution in [-0.2, 0) is 16.1 Å². The number of non-ortho nitro benzene ring substituents is 1. The fourth-order valence-corrected chi connectivity index (χ4v) is 7.84. The van der Waals surface area contributed by atoms with Crippen LogP contribution in [0, 0.1) is 17.3 Å². The third kappa shape index (κ3) is 7.12. The van der Waals surface area contributed by atoms with Gasteiger partial charge in [0.15, 0.2) is 16.3 Å². The van der Waals surface area contributed by atoms with Crippen LogP contribution in [0.15, 0.2) is 76.2 Å². The summed E-state index contributed by atoms with van der Waals surface area (Å²) in [5, 5.41) is 11.0. The van der Waals surface area contributed by atoms with E-state index in [1.807, 2.05) is 26.0 Å². The van der Waals surface area contributed by atoms with E-state index in [0.717, 1.165) is 12.7 Å². The molecule has 1 aliphatic rings. The van der Waals surface area contributed by atoms with Gasteiger partial charge in [0.2, 0.25) is 0 Å². The van der Waals surface area contributed by atoms with Crippen LogP contribution in [0.1, 0.15) is 36.6 Å². The van der Waals surface area contributed by atoms with Crippen LogP contribution in [0.2, 0.25) is 0 Å². The molecule has 0 spiro atoms. The number of esters is 1. The zero-order chi connectivity index (χ0) is 33.0. The van der Waals surface area contributed by atoms with Gasteiger partial charge < -0.3 is 18.9 Å². The molecule has 0 radical (unpaired) electrons. The Morgan fingerprint density at radius 3 is 2.43 bits per heavy atom. The molecule has 0 bridgehead atoms. The number of methoxy groups -OCH3 is 1. The molecular weight excluding hydrogens is 840 g/mol. The number of nitro groups is 1. The number of carbonyl (C=O) groups excluding carboxylic acids is 1. The van der Waals surface area contributed by atoms with Crippen molar-refractivity contribution in [3.05, 3.63) is 120 Å². The molecule has 3 aromatic carbocycles. The highest BCUT2D eigenvalue weighted by atomic mass is 127. The summed E-state index contributed by atoms with van der Waals surface area (Å²) >= 11 is 5.58. The number of thiazole rings is 1. The van der Waals surface area contributed by atoms with Crippen LogP contribution >= 0.6 is 56.5 Å². The molecule has 4 aromatic rings. The quantitative estimate of drug-likeness (QED) is 0.0836. The summed E-state index contributed by atoms with van der Waals surface area (Å²) in [7, 11) is 1.28. The van der Waals surface area contributed by atoms with Gasteiger partial charge in [0.05, 0.1) is 45.0 Å². The Balaban J connectivity index is 1.60. The number of fused-ring (bicyclic) bond motifs is 1. The molecule has 0 saturated carbocycles. The summed E-state index contributed by atoms with van der Waals surface area (Å²) in [4.78, 5) is 42.5. The summed E-state index contributed by atoms with van der Waals surface area (Å²) in [6.07, 6.45) is 3.19. The third-order valence-corrected chi connectivity index (χ3v) is 9.28. The lowest BCUT2D eigenvalue weighted by Gasteiger charge is -2.23. The highest BCUT2D eigenvalue weighted by Gasteiger charge is 2.31. The van der Waals surface area contributed by atoms with E-state index in [-0.39, 0.29) is 23.4 Å². The van der Waals surface area contributed by atoms with E-state index in [1.165, 1.54) is 41.3 Å². The van der Waals surface area contributed by atoms with Crippen molar-refractivity contribution >= 4 is 74.3 Å². The molecule has 0 N–H and O–H groups in total. The number of carbonyl (C=O) groups is 1. The average molecular weight is 867 g/mol. The van der Waals surface area contributed by atoms with Gasteiger partial charge in [-0.3, -0.25) is 19.5 Å². The summed E-state index contributed by atoms with van der Waals surface area (Å²) < 4.78 is 26.5. The van der Waals surface area contributed by atoms with Crippen molar-refractivity contribution in [1.82, 2.24) is 4.57 Å². The highest BCUT2D eigenvalue weighted by molar-refractivity contribution is 14.1. The minimum Gasteiger partial charge on any atom is -0.490 e. The standard InChI is InChI=1S/C32H27I2N3O8S/c1-4-43-25-11-8-19(13-26(25)44-5-2)28-23(31(39)42-3)16-35-32-36(28)30(38)27(46-32)14-20-12-21(33)15-24(34)29(20)45-17-18-6-9-22(10-7-18)37(40)41/h6-16,28H,4-5,17H2,1-3H3/b27-14+/t28-/m1/s1. The molecule has 0 fully saturated rings. The fraction of sp³-hybridized carbons (Fsp3) is 0.219. The minimum atomic E-state index is -0.824. The first-order valence-corrected chi connectivity index (χ1v) is 17.0. The number of hydrogen-bond acceptors (Lipinski definition) is 10. The monoisotopic (exact) mass is 867 g/mol. The zero-order valence-corrected chi connectivity index (χ0v) is 30.0. The maximum Gasteiger partial charge on any atom is 0.337 e. The van der Waals surface area contributed by atoms with Gasteiger partial charge in [-0.25, -0.2) is 9.79 Å². The van der Waals surface area contributed by atoms with Gasteiger partial charge in [-0.15, -0.1) is 0 Å². The van der Waals surface area contributed by atoms with Crippen molar-refractivity contribution in [1.29, 1.82) is 0 Å². The first kappa shape index (κ1) is 33.6. The molecule has 5 rings (SSSR count). The second kappa shape index (κ2) is 14.8. The smallest absolute Gasteiger partial charge is 0.337 e. The lowest BCUT2D eigenvalue weighted by Crippen LogP contribution is -2.39. The normalized spacial score (nSPS) is 14.2. The summed E-state index contributed by atoms with van der Waals surface area (Å²) in [5.41, 5.74) is 1.90. The van der Waals surface area contributed by atoms with E-state index in [4.69, 9.17) is 18.9 Å². The van der Waals surface area contributed by atoms with Gasteiger partial charge in [-0.2, -0.15) is 0 Å². The van der Waals surface area contributed by atoms with Crippen molar-refractivity contribution in [2.24, 2.45) is 4.99 Å². The Labute approximate surface area is 294 Å². The number of ether oxygens (including phenoxy) is 4. The number of benzene rings is 3. The number of nitro benzene ring substituents is 1. The molecule has 2 heterocycles. The van der Waals surface area contributed by atoms with Gasteiger partial charge >= 0.3 is 5.97 Å². The van der Waals surface area contributed by atoms with Crippen LogP contribution < -0.4 is 29.1 Å². The number of aromatic nitrogens is 1. The maximum absolute atomic E-state index is 14.1. The number of rotatable bonds is 11. The van der Waals surface area contributed by atoms with E-state index in [1.54, 1.807) is 36.4 Å². The topological polar surface area (TPSA) is 131 Å². The van der Waals surface area contributed by atoms with E-state index in [2.05, 4.69) is 50.2 Å². The molecule has 238 valence electrons. The predicted octanol–water partition coefficient (Wildman–Crippen LogP) is 5.51. The molecule has 0 amide bonds. The molecule has 14 heteroatoms. The van der Waals surface area contributed by atoms with Gasteiger partial charge in [0, 0.05) is 27.5 Å². The van der Waals surface area contributed by atoms with E-state index >= 15 is 0 Å². The van der Waals surface area contributed by atoms with Crippen molar-refractivity contribution in [2.45, 2.75) is 26.5 Å². The third-order valence-electron chi connectivity index (χ3n) is 6.86. The lowest BCUT2D eigenvalue weighted by molar-refractivity contribution is -0.384. The van der Waals surface area contributed by atoms with Gasteiger partial charge in [-0.1, -0.05) is 17.4 Å². The molecule has 11 nitrogen and oxygen atoms in total. The van der Waals surface area contributed by atoms with Crippen molar-refractivity contribution in [3.8, 4) is 17.2 Å². The van der Waals surface area contributed by atoms with Gasteiger partial charge in [0.25, 0.3) is 11.2 Å². The molecular formula is C32H27I2N3O8S. The Bertz CT molecular complexity index is 2020. The Hall–Kier alpha value is -3.77. The number of halogens is 2. The fourth-order valence-electron chi connectivity index (χ4n) is 4.84. The molecule has 0 unspecified atom stereocenters. The predicted molar refractivity (Wildman–Crippen MR) is 189 cm³/mol. The van der Waals surface area contributed by atoms with Crippen LogP contribution in [-0.4, -0.2) is 35.8 Å². The van der Waals surface area contributed by atoms with Crippen LogP contribution in [0.5, 0.6) is 17.2 Å². The Kier molecular flexibility index (Phi) is 10.8. The Morgan fingerprint density at radius 2 is 1.76 bits per heavy atom. The first-order chi connectivity index (χ1) is 22.1. The molecule has 46 heavy (non-hydrogen) atoms. The largest absolute Gasteiger partial charge is 0.490 e. The second-order valence-corrected chi connectivity index (χ2v) is 13.2. The molecule has 1 aromatic heterocycles. The van der Waals surface area contributed by atoms with Crippen molar-refractivity contribution < 1.29 is 28.7 Å². The summed E-state index contributed by atoms with van der Waals surface area (Å²) in [6.45, 7) is 4.75. The molecule has 0 aliphatic carbocycles. The highest BCUT2D eigenvalue weighted by Crippen LogP contribution is 2.35. The molecule has 1 aliphatic heterocycles. The van der Waals surface area contributed by atoms with Gasteiger partial charge in [-0.05, 0) is 113 Å².